The van der Waals surface area contributed by atoms with E-state index in [1.54, 1.807) is 46.1 Å². The molecule has 0 unspecified atom stereocenters. The fourth-order valence-corrected chi connectivity index (χ4v) is 19.8. The highest BCUT2D eigenvalue weighted by atomic mass is 32.2. The van der Waals surface area contributed by atoms with Crippen molar-refractivity contribution in [3.05, 3.63) is 320 Å². The van der Waals surface area contributed by atoms with E-state index in [2.05, 4.69) is 317 Å². The van der Waals surface area contributed by atoms with Crippen molar-refractivity contribution < 1.29 is 4.74 Å². The van der Waals surface area contributed by atoms with Gasteiger partial charge < -0.3 is 4.74 Å². The Morgan fingerprint density at radius 3 is 0.633 bits per heavy atom. The summed E-state index contributed by atoms with van der Waals surface area (Å²) in [5.74, 6) is 59.5. The topological polar surface area (TPSA) is 58.8 Å². The molecule has 4 aromatic heterocycles. The van der Waals surface area contributed by atoms with Crippen molar-refractivity contribution in [3.8, 4) is 107 Å². The third-order valence-electron chi connectivity index (χ3n) is 19.0. The van der Waals surface area contributed by atoms with Crippen LogP contribution in [0.25, 0.3) is 0 Å². The Morgan fingerprint density at radius 1 is 0.219 bits per heavy atom. The van der Waals surface area contributed by atoms with Crippen molar-refractivity contribution in [2.45, 2.75) is 213 Å². The third-order valence-corrected chi connectivity index (χ3v) is 29.1. The molecule has 14 heteroatoms. The lowest BCUT2D eigenvalue weighted by molar-refractivity contribution is 0.306. The summed E-state index contributed by atoms with van der Waals surface area (Å²) in [6.45, 7) is 16.4. The summed E-state index contributed by atoms with van der Waals surface area (Å²) in [5, 5.41) is 18.6. The van der Waals surface area contributed by atoms with Gasteiger partial charge in [-0.25, -0.2) is 0 Å². The molecule has 0 bridgehead atoms. The fraction of sp³-hybridized carbons (Fsp3) is 0.307. The number of thiophene rings is 3. The van der Waals surface area contributed by atoms with E-state index in [9.17, 15) is 0 Å². The van der Waals surface area contributed by atoms with Crippen LogP contribution in [0.4, 0.5) is 0 Å². The highest BCUT2D eigenvalue weighted by molar-refractivity contribution is 8.00. The standard InChI is InChI=1S/C30H32OS2.C30H32S3.C28H30N2S3.C26H21NS2/c2*1-3-5-7-23-31-27-15-9-25(10-16-27)13-19-29-21-22-30(33-29)20-14-26-11-17-28(18-12-26)32-24-8-6-4-2;1-3-5-7-21-31-25-15-9-23(10-16-25)13-19-27-29-30-28(33-27)20-14-24-11-17-26(18-12-24)32-22-8-6-4-2;1-2-3-4-19-28-24-13-9-22(10-14-24)12-16-26-18-17-25(29-26)15-11-21-5-7-23(20-27)8-6-21/h2*9-12,15-18,21-22H,3-8,23-24H2,1-2H3;9-12,15-18H,3-8,21-22H2,1-2H3;5-10,13-14,17-18H,2-4,19H2,1H3. The summed E-state index contributed by atoms with van der Waals surface area (Å²) in [4.78, 5) is 14.0. The molecule has 0 fully saturated rings. The molecule has 0 aliphatic rings. The first-order valence-electron chi connectivity index (χ1n) is 45.0. The summed E-state index contributed by atoms with van der Waals surface area (Å²) in [7, 11) is 0. The van der Waals surface area contributed by atoms with Crippen LogP contribution in [0.15, 0.2) is 260 Å². The molecule has 0 spiro atoms. The molecule has 0 N–H and O–H groups in total. The van der Waals surface area contributed by atoms with Crippen LogP contribution in [-0.2, 0) is 0 Å². The van der Waals surface area contributed by atoms with Crippen molar-refractivity contribution in [2.75, 3.05) is 41.1 Å². The first-order valence-corrected chi connectivity index (χ1v) is 54.1. The van der Waals surface area contributed by atoms with Crippen molar-refractivity contribution in [3.63, 3.8) is 0 Å². The average molecular weight is 1860 g/mol. The maximum atomic E-state index is 8.84. The number of hydrogen-bond donors (Lipinski definition) is 0. The Balaban J connectivity index is 0.000000193. The van der Waals surface area contributed by atoms with Gasteiger partial charge in [0.25, 0.3) is 0 Å². The van der Waals surface area contributed by atoms with Crippen LogP contribution in [0.3, 0.4) is 0 Å². The molecule has 0 saturated heterocycles. The van der Waals surface area contributed by atoms with Gasteiger partial charge in [0.15, 0.2) is 10.0 Å². The molecular weight excluding hydrogens is 1750 g/mol. The van der Waals surface area contributed by atoms with Gasteiger partial charge >= 0.3 is 0 Å². The van der Waals surface area contributed by atoms with E-state index in [4.69, 9.17) is 10.00 Å². The first-order chi connectivity index (χ1) is 63.1. The van der Waals surface area contributed by atoms with E-state index in [0.717, 1.165) is 92.5 Å². The number of thioether (sulfide) groups is 6. The first kappa shape index (κ1) is 102. The second kappa shape index (κ2) is 63.3. The van der Waals surface area contributed by atoms with E-state index < -0.39 is 0 Å². The van der Waals surface area contributed by atoms with Crippen molar-refractivity contribution in [2.24, 2.45) is 0 Å². The van der Waals surface area contributed by atoms with Crippen LogP contribution < -0.4 is 4.74 Å². The van der Waals surface area contributed by atoms with Crippen LogP contribution in [-0.4, -0.2) is 51.3 Å². The van der Waals surface area contributed by atoms with E-state index in [0.29, 0.717) is 15.6 Å². The molecular formula is C114H115N3OS10. The SMILES string of the molecule is CCCCCOc1ccc(C#Cc2ccc(C#Cc3ccc(SCCCCC)cc3)s2)cc1.CCCCCSc1ccc(C#Cc2ccc(C#Cc3ccc(C#N)cc3)s2)cc1.CCCCCSc1ccc(C#Cc2ccc(C#Cc3ccc(SCCCCC)cc3)s2)cc1.CCCCCSc1ccc(C#Cc2nnc(C#Cc3ccc(SCCCCC)cc3)s2)cc1. The van der Waals surface area contributed by atoms with Gasteiger partial charge in [0.05, 0.1) is 47.5 Å². The molecule has 0 aliphatic heterocycles. The van der Waals surface area contributed by atoms with Crippen LogP contribution in [0, 0.1) is 106 Å². The largest absolute Gasteiger partial charge is 0.494 e. The summed E-state index contributed by atoms with van der Waals surface area (Å²) < 4.78 is 5.76. The molecule has 0 radical (unpaired) electrons. The zero-order chi connectivity index (χ0) is 89.7. The molecule has 652 valence electrons. The molecule has 128 heavy (non-hydrogen) atoms. The van der Waals surface area contributed by atoms with Gasteiger partial charge in [0, 0.05) is 73.9 Å². The highest BCUT2D eigenvalue weighted by Crippen LogP contribution is 2.28. The second-order valence-corrected chi connectivity index (χ2v) is 40.9. The van der Waals surface area contributed by atoms with Gasteiger partial charge in [-0.2, -0.15) is 5.26 Å². The monoisotopic (exact) mass is 1860 g/mol. The Hall–Kier alpha value is -9.71. The lowest BCUT2D eigenvalue weighted by atomic mass is 10.1. The molecule has 12 aromatic rings. The van der Waals surface area contributed by atoms with Gasteiger partial charge in [-0.15, -0.1) is 115 Å². The molecule has 0 saturated carbocycles. The van der Waals surface area contributed by atoms with Crippen molar-refractivity contribution in [1.29, 1.82) is 5.26 Å². The number of aromatic nitrogens is 2. The second-order valence-electron chi connectivity index (χ2n) is 29.7. The number of nitrogens with zero attached hydrogens (tertiary/aromatic N) is 3. The maximum Gasteiger partial charge on any atom is 0.192 e. The summed E-state index contributed by atoms with van der Waals surface area (Å²) >= 11 is 17.8. The number of nitriles is 1. The van der Waals surface area contributed by atoms with Crippen molar-refractivity contribution in [1.82, 2.24) is 10.2 Å². The number of unbranched alkanes of at least 4 members (excludes halogenated alkanes) is 14. The van der Waals surface area contributed by atoms with E-state index in [1.807, 2.05) is 131 Å². The van der Waals surface area contributed by atoms with Crippen LogP contribution in [0.1, 0.15) is 273 Å². The molecule has 0 amide bonds. The van der Waals surface area contributed by atoms with E-state index >= 15 is 0 Å². The third kappa shape index (κ3) is 42.7. The zero-order valence-electron chi connectivity index (χ0n) is 75.1. The quantitative estimate of drug-likeness (QED) is 0.0218. The van der Waals surface area contributed by atoms with Crippen LogP contribution in [0.2, 0.25) is 0 Å². The number of ether oxygens (including phenoxy) is 1. The highest BCUT2D eigenvalue weighted by Gasteiger charge is 2.06. The Bertz CT molecular complexity index is 5120. The number of hydrogen-bond acceptors (Lipinski definition) is 14. The summed E-state index contributed by atoms with van der Waals surface area (Å²) in [5.41, 5.74) is 8.71. The van der Waals surface area contributed by atoms with Gasteiger partial charge in [-0.1, -0.05) is 233 Å². The summed E-state index contributed by atoms with van der Waals surface area (Å²) in [6, 6.07) is 80.8. The van der Waals surface area contributed by atoms with E-state index in [1.165, 1.54) is 204 Å². The Labute approximate surface area is 808 Å². The van der Waals surface area contributed by atoms with Crippen LogP contribution in [0.5, 0.6) is 5.75 Å². The zero-order valence-corrected chi connectivity index (χ0v) is 83.2. The minimum atomic E-state index is 0.646. The normalized spacial score (nSPS) is 10.1. The van der Waals surface area contributed by atoms with Gasteiger partial charge in [-0.05, 0) is 322 Å². The van der Waals surface area contributed by atoms with Gasteiger partial charge in [-0.3, -0.25) is 0 Å². The van der Waals surface area contributed by atoms with E-state index in [-0.39, 0.29) is 0 Å². The van der Waals surface area contributed by atoms with Gasteiger partial charge in [0.2, 0.25) is 0 Å². The minimum Gasteiger partial charge on any atom is -0.494 e. The molecule has 0 atom stereocenters. The summed E-state index contributed by atoms with van der Waals surface area (Å²) in [6.07, 6.45) is 26.7. The fourth-order valence-electron chi connectivity index (χ4n) is 11.7. The lowest BCUT2D eigenvalue weighted by Gasteiger charge is -2.05. The predicted octanol–water partition coefficient (Wildman–Crippen LogP) is 32.1. The maximum absolute atomic E-state index is 8.84. The molecule has 0 aliphatic carbocycles. The Morgan fingerprint density at radius 2 is 0.414 bits per heavy atom. The lowest BCUT2D eigenvalue weighted by Crippen LogP contribution is -1.96. The molecule has 8 aromatic carbocycles. The minimum absolute atomic E-state index is 0.646. The molecule has 4 heterocycles. The van der Waals surface area contributed by atoms with Crippen molar-refractivity contribution >= 4 is 116 Å². The smallest absolute Gasteiger partial charge is 0.192 e. The average Bonchev–Trinajstić information content (AvgIpc) is 1.75. The predicted molar refractivity (Wildman–Crippen MR) is 563 cm³/mol. The van der Waals surface area contributed by atoms with Crippen LogP contribution >= 0.6 is 116 Å². The molecule has 4 nitrogen and oxygen atoms in total. The van der Waals surface area contributed by atoms with Gasteiger partial charge in [0.1, 0.15) is 5.75 Å². The number of benzene rings is 8. The molecule has 12 rings (SSSR count). The Kier molecular flexibility index (Phi) is 50.5. The number of rotatable bonds is 35.